The molecule has 0 bridgehead atoms. The van der Waals surface area contributed by atoms with Crippen LogP contribution in [0.1, 0.15) is 30.4 Å². The minimum atomic E-state index is -0.223. The molecule has 2 N–H and O–H groups in total. The van der Waals surface area contributed by atoms with E-state index in [1.54, 1.807) is 6.20 Å². The van der Waals surface area contributed by atoms with Crippen LogP contribution in [0, 0.1) is 0 Å². The molecular weight excluding hydrogens is 470 g/mol. The SMILES string of the molecule is CCn1cccc1[C@@H]1[C@H](c2ccccn2)NC(=S)N1c1ccc(NC(=O)COc2ccccc2)cc1. The van der Waals surface area contributed by atoms with Crippen molar-refractivity contribution >= 4 is 34.6 Å². The van der Waals surface area contributed by atoms with E-state index in [-0.39, 0.29) is 24.6 Å². The first-order valence-corrected chi connectivity index (χ1v) is 12.3. The Kier molecular flexibility index (Phi) is 6.95. The molecule has 1 aliphatic heterocycles. The van der Waals surface area contributed by atoms with E-state index in [2.05, 4.69) is 50.3 Å². The first-order chi connectivity index (χ1) is 17.6. The van der Waals surface area contributed by atoms with Gasteiger partial charge in [-0.2, -0.15) is 0 Å². The van der Waals surface area contributed by atoms with Crippen LogP contribution >= 0.6 is 12.2 Å². The van der Waals surface area contributed by atoms with Gasteiger partial charge in [-0.1, -0.05) is 24.3 Å². The number of aryl methyl sites for hydroxylation is 1. The molecular formula is C28H27N5O2S. The fourth-order valence-corrected chi connectivity index (χ4v) is 4.83. The van der Waals surface area contributed by atoms with Crippen molar-refractivity contribution in [1.29, 1.82) is 0 Å². The molecule has 2 aromatic carbocycles. The van der Waals surface area contributed by atoms with Crippen LogP contribution < -0.4 is 20.3 Å². The lowest BCUT2D eigenvalue weighted by Gasteiger charge is -2.29. The molecule has 182 valence electrons. The third-order valence-corrected chi connectivity index (χ3v) is 6.46. The van der Waals surface area contributed by atoms with Crippen molar-refractivity contribution in [2.24, 2.45) is 0 Å². The second kappa shape index (κ2) is 10.6. The molecule has 4 aromatic rings. The molecule has 1 aliphatic rings. The van der Waals surface area contributed by atoms with E-state index in [0.717, 1.165) is 23.6 Å². The maximum absolute atomic E-state index is 12.4. The quantitative estimate of drug-likeness (QED) is 0.330. The van der Waals surface area contributed by atoms with E-state index in [0.29, 0.717) is 16.5 Å². The van der Waals surface area contributed by atoms with Gasteiger partial charge in [0, 0.05) is 36.0 Å². The average molecular weight is 498 g/mol. The molecule has 0 spiro atoms. The largest absolute Gasteiger partial charge is 0.484 e. The normalized spacial score (nSPS) is 17.0. The van der Waals surface area contributed by atoms with Crippen LogP contribution in [0.5, 0.6) is 5.75 Å². The fourth-order valence-electron chi connectivity index (χ4n) is 4.49. The second-order valence-corrected chi connectivity index (χ2v) is 8.80. The zero-order valence-corrected chi connectivity index (χ0v) is 20.7. The lowest BCUT2D eigenvalue weighted by Crippen LogP contribution is -2.30. The van der Waals surface area contributed by atoms with Gasteiger partial charge in [0.25, 0.3) is 5.91 Å². The molecule has 0 radical (unpaired) electrons. The Bertz CT molecular complexity index is 1330. The van der Waals surface area contributed by atoms with Crippen LogP contribution in [0.3, 0.4) is 0 Å². The fraction of sp³-hybridized carbons (Fsp3) is 0.179. The number of nitrogens with zero attached hydrogens (tertiary/aromatic N) is 3. The van der Waals surface area contributed by atoms with Crippen molar-refractivity contribution in [1.82, 2.24) is 14.9 Å². The Hall–Kier alpha value is -4.17. The predicted molar refractivity (Wildman–Crippen MR) is 145 cm³/mol. The number of pyridine rings is 1. The van der Waals surface area contributed by atoms with Crippen molar-refractivity contribution in [3.05, 3.63) is 109 Å². The lowest BCUT2D eigenvalue weighted by molar-refractivity contribution is -0.118. The van der Waals surface area contributed by atoms with Gasteiger partial charge in [-0.3, -0.25) is 9.78 Å². The molecule has 3 heterocycles. The topological polar surface area (TPSA) is 71.4 Å². The van der Waals surface area contributed by atoms with Gasteiger partial charge >= 0.3 is 0 Å². The maximum atomic E-state index is 12.4. The molecule has 5 rings (SSSR count). The number of amides is 1. The zero-order valence-electron chi connectivity index (χ0n) is 19.9. The number of rotatable bonds is 8. The van der Waals surface area contributed by atoms with Crippen LogP contribution in [-0.4, -0.2) is 27.2 Å². The number of aromatic nitrogens is 2. The number of anilines is 2. The highest BCUT2D eigenvalue weighted by Gasteiger charge is 2.41. The summed E-state index contributed by atoms with van der Waals surface area (Å²) in [5.41, 5.74) is 3.70. The van der Waals surface area contributed by atoms with Crippen LogP contribution in [0.25, 0.3) is 0 Å². The monoisotopic (exact) mass is 497 g/mol. The summed E-state index contributed by atoms with van der Waals surface area (Å²) in [7, 11) is 0. The molecule has 2 aromatic heterocycles. The van der Waals surface area contributed by atoms with E-state index in [1.807, 2.05) is 72.8 Å². The first kappa shape index (κ1) is 23.6. The summed E-state index contributed by atoms with van der Waals surface area (Å²) in [6, 6.07) is 26.9. The predicted octanol–water partition coefficient (Wildman–Crippen LogP) is 5.10. The van der Waals surface area contributed by atoms with Crippen LogP contribution in [0.15, 0.2) is 97.3 Å². The summed E-state index contributed by atoms with van der Waals surface area (Å²) in [5.74, 6) is 0.433. The summed E-state index contributed by atoms with van der Waals surface area (Å²) in [5, 5.41) is 7.00. The van der Waals surface area contributed by atoms with Gasteiger partial charge in [-0.25, -0.2) is 0 Å². The van der Waals surface area contributed by atoms with Crippen LogP contribution in [-0.2, 0) is 11.3 Å². The number of para-hydroxylation sites is 1. The van der Waals surface area contributed by atoms with Crippen molar-refractivity contribution in [2.75, 3.05) is 16.8 Å². The summed E-state index contributed by atoms with van der Waals surface area (Å²) >= 11 is 5.81. The third kappa shape index (κ3) is 4.94. The molecule has 2 atom stereocenters. The number of hydrogen-bond donors (Lipinski definition) is 2. The average Bonchev–Trinajstić information content (AvgIpc) is 3.53. The van der Waals surface area contributed by atoms with Crippen molar-refractivity contribution in [3.63, 3.8) is 0 Å². The van der Waals surface area contributed by atoms with Gasteiger partial charge in [0.2, 0.25) is 0 Å². The molecule has 1 amide bonds. The summed E-state index contributed by atoms with van der Waals surface area (Å²) in [4.78, 5) is 19.1. The van der Waals surface area contributed by atoms with E-state index in [9.17, 15) is 4.79 Å². The highest BCUT2D eigenvalue weighted by atomic mass is 32.1. The Balaban J connectivity index is 1.36. The van der Waals surface area contributed by atoms with Gasteiger partial charge in [0.05, 0.1) is 11.7 Å². The Labute approximate surface area is 215 Å². The zero-order chi connectivity index (χ0) is 24.9. The summed E-state index contributed by atoms with van der Waals surface area (Å²) in [6.07, 6.45) is 3.89. The summed E-state index contributed by atoms with van der Waals surface area (Å²) in [6.45, 7) is 2.92. The molecule has 7 nitrogen and oxygen atoms in total. The minimum absolute atomic E-state index is 0.0618. The highest BCUT2D eigenvalue weighted by Crippen LogP contribution is 2.41. The number of ether oxygens (including phenoxy) is 1. The van der Waals surface area contributed by atoms with Gasteiger partial charge in [0.15, 0.2) is 11.7 Å². The van der Waals surface area contributed by atoms with E-state index in [1.165, 1.54) is 0 Å². The number of nitrogens with one attached hydrogen (secondary N) is 2. The molecule has 1 fully saturated rings. The Morgan fingerprint density at radius 1 is 1.03 bits per heavy atom. The van der Waals surface area contributed by atoms with Crippen molar-refractivity contribution in [2.45, 2.75) is 25.6 Å². The van der Waals surface area contributed by atoms with Gasteiger partial charge < -0.3 is 24.8 Å². The van der Waals surface area contributed by atoms with Gasteiger partial charge in [-0.15, -0.1) is 0 Å². The van der Waals surface area contributed by atoms with E-state index >= 15 is 0 Å². The van der Waals surface area contributed by atoms with Crippen LogP contribution in [0.2, 0.25) is 0 Å². The maximum Gasteiger partial charge on any atom is 0.262 e. The van der Waals surface area contributed by atoms with Gasteiger partial charge in [-0.05, 0) is 79.8 Å². The highest BCUT2D eigenvalue weighted by molar-refractivity contribution is 7.80. The molecule has 1 saturated heterocycles. The third-order valence-electron chi connectivity index (χ3n) is 6.15. The Morgan fingerprint density at radius 3 is 2.53 bits per heavy atom. The first-order valence-electron chi connectivity index (χ1n) is 11.9. The minimum Gasteiger partial charge on any atom is -0.484 e. The van der Waals surface area contributed by atoms with Crippen LogP contribution in [0.4, 0.5) is 11.4 Å². The molecule has 0 aliphatic carbocycles. The molecule has 0 unspecified atom stereocenters. The molecule has 0 saturated carbocycles. The lowest BCUT2D eigenvalue weighted by atomic mass is 10.0. The number of benzene rings is 2. The summed E-state index contributed by atoms with van der Waals surface area (Å²) < 4.78 is 7.76. The van der Waals surface area contributed by atoms with E-state index < -0.39 is 0 Å². The standard InChI is InChI=1S/C28H27N5O2S/c1-2-32-18-8-12-24(32)27-26(23-11-6-7-17-29-23)31-28(36)33(27)21-15-13-20(14-16-21)30-25(34)19-35-22-9-4-3-5-10-22/h3-18,26-27H,2,19H2,1H3,(H,30,34)(H,31,36)/t26-,27+/m0/s1. The Morgan fingerprint density at radius 2 is 1.81 bits per heavy atom. The number of thiocarbonyl (C=S) groups is 1. The second-order valence-electron chi connectivity index (χ2n) is 8.41. The van der Waals surface area contributed by atoms with E-state index in [4.69, 9.17) is 17.0 Å². The molecule has 8 heteroatoms. The molecule has 36 heavy (non-hydrogen) atoms. The van der Waals surface area contributed by atoms with Crippen molar-refractivity contribution < 1.29 is 9.53 Å². The number of hydrogen-bond acceptors (Lipinski definition) is 4. The smallest absolute Gasteiger partial charge is 0.262 e. The number of carbonyl (C=O) groups is 1. The van der Waals surface area contributed by atoms with Gasteiger partial charge in [0.1, 0.15) is 11.8 Å². The van der Waals surface area contributed by atoms with Crippen molar-refractivity contribution in [3.8, 4) is 5.75 Å². The number of carbonyl (C=O) groups excluding carboxylic acids is 1.